The predicted octanol–water partition coefficient (Wildman–Crippen LogP) is 3.93. The average molecular weight is 488 g/mol. The number of anilines is 2. The number of rotatable bonds is 8. The minimum atomic E-state index is -0.481. The van der Waals surface area contributed by atoms with Crippen molar-refractivity contribution < 1.29 is 13.9 Å². The molecule has 2 bridgehead atoms. The maximum absolute atomic E-state index is 13.8. The molecule has 34 heavy (non-hydrogen) atoms. The molecule has 3 aromatic rings. The second kappa shape index (κ2) is 9.71. The largest absolute Gasteiger partial charge is 0.424 e. The highest BCUT2D eigenvalue weighted by atomic mass is 35.5. The molecule has 2 aromatic heterocycles. The highest BCUT2D eigenvalue weighted by molar-refractivity contribution is 6.30. The SMILES string of the molecule is COCCn1nc(NC2C3CCC2CN(c2cc(C)ncn2)C3)nc1Oc1cc(F)cc(Cl)c1. The lowest BCUT2D eigenvalue weighted by atomic mass is 9.92. The van der Waals surface area contributed by atoms with Crippen molar-refractivity contribution in [3.05, 3.63) is 47.1 Å². The number of ether oxygens (including phenoxy) is 2. The Labute approximate surface area is 202 Å². The van der Waals surface area contributed by atoms with E-state index in [4.69, 9.17) is 21.1 Å². The summed E-state index contributed by atoms with van der Waals surface area (Å²) in [6, 6.07) is 6.57. The zero-order valence-electron chi connectivity index (χ0n) is 19.1. The van der Waals surface area contributed by atoms with Crippen molar-refractivity contribution >= 4 is 23.4 Å². The van der Waals surface area contributed by atoms with Crippen molar-refractivity contribution in [2.45, 2.75) is 32.4 Å². The van der Waals surface area contributed by atoms with Gasteiger partial charge in [0.2, 0.25) is 5.95 Å². The molecule has 2 aliphatic rings. The van der Waals surface area contributed by atoms with Crippen LogP contribution in [0.1, 0.15) is 18.5 Å². The molecule has 1 saturated heterocycles. The lowest BCUT2D eigenvalue weighted by Gasteiger charge is -2.38. The van der Waals surface area contributed by atoms with E-state index in [1.54, 1.807) is 18.1 Å². The first-order valence-electron chi connectivity index (χ1n) is 11.4. The number of benzene rings is 1. The molecule has 180 valence electrons. The fraction of sp³-hybridized carbons (Fsp3) is 0.478. The van der Waals surface area contributed by atoms with Crippen LogP contribution in [-0.4, -0.2) is 57.6 Å². The molecule has 2 unspecified atom stereocenters. The minimum Gasteiger partial charge on any atom is -0.424 e. The van der Waals surface area contributed by atoms with E-state index in [9.17, 15) is 4.39 Å². The third kappa shape index (κ3) is 4.92. The first kappa shape index (κ1) is 22.8. The van der Waals surface area contributed by atoms with Crippen LogP contribution in [0.15, 0.2) is 30.6 Å². The zero-order valence-corrected chi connectivity index (χ0v) is 19.9. The maximum atomic E-state index is 13.8. The smallest absolute Gasteiger partial charge is 0.322 e. The Morgan fingerprint density at radius 3 is 2.65 bits per heavy atom. The van der Waals surface area contributed by atoms with Crippen molar-refractivity contribution in [1.82, 2.24) is 24.7 Å². The molecule has 9 nitrogen and oxygen atoms in total. The molecule has 0 radical (unpaired) electrons. The van der Waals surface area contributed by atoms with E-state index in [-0.39, 0.29) is 22.8 Å². The van der Waals surface area contributed by atoms with Crippen molar-refractivity contribution in [2.75, 3.05) is 37.0 Å². The summed E-state index contributed by atoms with van der Waals surface area (Å²) < 4.78 is 26.4. The summed E-state index contributed by atoms with van der Waals surface area (Å²) in [5, 5.41) is 8.39. The molecular formula is C23H27ClFN7O2. The number of methoxy groups -OCH3 is 1. The van der Waals surface area contributed by atoms with E-state index in [0.29, 0.717) is 30.9 Å². The van der Waals surface area contributed by atoms with E-state index in [1.807, 2.05) is 13.0 Å². The van der Waals surface area contributed by atoms with Gasteiger partial charge in [0.15, 0.2) is 0 Å². The van der Waals surface area contributed by atoms with Crippen LogP contribution in [0.3, 0.4) is 0 Å². The summed E-state index contributed by atoms with van der Waals surface area (Å²) in [6.07, 6.45) is 3.90. The molecule has 5 rings (SSSR count). The van der Waals surface area contributed by atoms with Gasteiger partial charge in [-0.05, 0) is 43.7 Å². The molecular weight excluding hydrogens is 461 g/mol. The second-order valence-electron chi connectivity index (χ2n) is 8.83. The summed E-state index contributed by atoms with van der Waals surface area (Å²) >= 11 is 5.97. The van der Waals surface area contributed by atoms with Crippen LogP contribution >= 0.6 is 11.6 Å². The van der Waals surface area contributed by atoms with Crippen LogP contribution in [0.5, 0.6) is 11.8 Å². The van der Waals surface area contributed by atoms with Crippen LogP contribution in [0.25, 0.3) is 0 Å². The molecule has 2 atom stereocenters. The number of aryl methyl sites for hydroxylation is 1. The van der Waals surface area contributed by atoms with Gasteiger partial charge >= 0.3 is 6.01 Å². The van der Waals surface area contributed by atoms with E-state index < -0.39 is 5.82 Å². The molecule has 0 amide bonds. The Morgan fingerprint density at radius 2 is 1.94 bits per heavy atom. The van der Waals surface area contributed by atoms with E-state index in [2.05, 4.69) is 30.3 Å². The molecule has 11 heteroatoms. The first-order chi connectivity index (χ1) is 16.5. The first-order valence-corrected chi connectivity index (χ1v) is 11.7. The fourth-order valence-electron chi connectivity index (χ4n) is 4.89. The van der Waals surface area contributed by atoms with E-state index in [1.165, 1.54) is 18.2 Å². The Kier molecular flexibility index (Phi) is 6.51. The summed E-state index contributed by atoms with van der Waals surface area (Å²) in [5.74, 6) is 2.15. The number of fused-ring (bicyclic) bond motifs is 2. The lowest BCUT2D eigenvalue weighted by Crippen LogP contribution is -2.48. The Hall–Kier alpha value is -2.98. The molecule has 1 aliphatic carbocycles. The van der Waals surface area contributed by atoms with Gasteiger partial charge in [-0.2, -0.15) is 4.98 Å². The van der Waals surface area contributed by atoms with E-state index >= 15 is 0 Å². The van der Waals surface area contributed by atoms with Crippen molar-refractivity contribution in [2.24, 2.45) is 11.8 Å². The zero-order chi connectivity index (χ0) is 23.7. The molecule has 1 aliphatic heterocycles. The number of piperidine rings is 1. The molecule has 0 spiro atoms. The molecule has 2 fully saturated rings. The number of aromatic nitrogens is 5. The standard InChI is InChI=1S/C23H27ClFN7O2/c1-14-7-20(27-13-26-14)31-11-15-3-4-16(12-31)21(15)28-22-29-23(32(30-22)5-6-33-2)34-19-9-17(24)8-18(25)10-19/h7-10,13,15-16,21H,3-6,11-12H2,1-2H3,(H,28,30). The van der Waals surface area contributed by atoms with Crippen LogP contribution < -0.4 is 15.0 Å². The van der Waals surface area contributed by atoms with Gasteiger partial charge in [0.25, 0.3) is 0 Å². The Balaban J connectivity index is 1.32. The second-order valence-corrected chi connectivity index (χ2v) is 9.27. The van der Waals surface area contributed by atoms with Crippen LogP contribution in [-0.2, 0) is 11.3 Å². The predicted molar refractivity (Wildman–Crippen MR) is 126 cm³/mol. The van der Waals surface area contributed by atoms with Gasteiger partial charge in [0.05, 0.1) is 13.2 Å². The Bertz CT molecular complexity index is 1130. The number of halogens is 2. The van der Waals surface area contributed by atoms with Gasteiger partial charge in [0.1, 0.15) is 23.7 Å². The monoisotopic (exact) mass is 487 g/mol. The average Bonchev–Trinajstić information content (AvgIpc) is 3.26. The van der Waals surface area contributed by atoms with Gasteiger partial charge in [-0.25, -0.2) is 19.0 Å². The minimum absolute atomic E-state index is 0.249. The number of nitrogens with zero attached hydrogens (tertiary/aromatic N) is 6. The van der Waals surface area contributed by atoms with Crippen LogP contribution in [0, 0.1) is 24.6 Å². The molecule has 1 saturated carbocycles. The Morgan fingerprint density at radius 1 is 1.15 bits per heavy atom. The lowest BCUT2D eigenvalue weighted by molar-refractivity contribution is 0.179. The summed E-state index contributed by atoms with van der Waals surface area (Å²) in [5.41, 5.74) is 0.968. The summed E-state index contributed by atoms with van der Waals surface area (Å²) in [7, 11) is 1.62. The number of nitrogens with one attached hydrogen (secondary N) is 1. The molecule has 1 N–H and O–H groups in total. The topological polar surface area (TPSA) is 90.2 Å². The third-order valence-electron chi connectivity index (χ3n) is 6.43. The number of hydrogen-bond donors (Lipinski definition) is 1. The van der Waals surface area contributed by atoms with Gasteiger partial charge in [-0.3, -0.25) is 0 Å². The van der Waals surface area contributed by atoms with Gasteiger partial charge in [-0.15, -0.1) is 5.10 Å². The highest BCUT2D eigenvalue weighted by Crippen LogP contribution is 2.40. The van der Waals surface area contributed by atoms with Gasteiger partial charge in [-0.1, -0.05) is 11.6 Å². The van der Waals surface area contributed by atoms with Crippen molar-refractivity contribution in [3.8, 4) is 11.8 Å². The van der Waals surface area contributed by atoms with Crippen LogP contribution in [0.4, 0.5) is 16.2 Å². The highest BCUT2D eigenvalue weighted by Gasteiger charge is 2.43. The quantitative estimate of drug-likeness (QED) is 0.511. The van der Waals surface area contributed by atoms with E-state index in [0.717, 1.165) is 37.4 Å². The van der Waals surface area contributed by atoms with Gasteiger partial charge < -0.3 is 19.7 Å². The van der Waals surface area contributed by atoms with Gasteiger partial charge in [0, 0.05) is 49.1 Å². The van der Waals surface area contributed by atoms with Crippen molar-refractivity contribution in [1.29, 1.82) is 0 Å². The van der Waals surface area contributed by atoms with Crippen LogP contribution in [0.2, 0.25) is 5.02 Å². The maximum Gasteiger partial charge on any atom is 0.322 e. The number of hydrogen-bond acceptors (Lipinski definition) is 8. The summed E-state index contributed by atoms with van der Waals surface area (Å²) in [6.45, 7) is 4.70. The third-order valence-corrected chi connectivity index (χ3v) is 6.65. The molecule has 3 heterocycles. The van der Waals surface area contributed by atoms with Crippen molar-refractivity contribution in [3.63, 3.8) is 0 Å². The molecule has 1 aromatic carbocycles. The summed E-state index contributed by atoms with van der Waals surface area (Å²) in [4.78, 5) is 15.6. The normalized spacial score (nSPS) is 21.6. The fourth-order valence-corrected chi connectivity index (χ4v) is 5.10.